The summed E-state index contributed by atoms with van der Waals surface area (Å²) in [5.41, 5.74) is 2.73. The summed E-state index contributed by atoms with van der Waals surface area (Å²) >= 11 is 6.12. The minimum absolute atomic E-state index is 0.0806. The zero-order valence-corrected chi connectivity index (χ0v) is 16.6. The van der Waals surface area contributed by atoms with E-state index in [4.69, 9.17) is 11.6 Å². The predicted octanol–water partition coefficient (Wildman–Crippen LogP) is 3.36. The number of anilines is 1. The first kappa shape index (κ1) is 19.5. The molecule has 29 heavy (non-hydrogen) atoms. The average molecular weight is 421 g/mol. The standard InChI is InChI=1S/C19H19ClF2N6O/c1-10(21)14-7-12(22)3-4-13(14)11(2)28-16-5-6-27(9-15(16)24-26-28)17-8-23-25-19(29)18(17)20/h3-4,7-8,10-11H,5-6,9H2,1-2H3,(H,25,29)/t10?,11-/m1/s1. The fraction of sp³-hybridized carbons (Fsp3) is 0.368. The molecule has 0 saturated carbocycles. The van der Waals surface area contributed by atoms with Gasteiger partial charge in [-0.3, -0.25) is 4.79 Å². The minimum Gasteiger partial charge on any atom is -0.362 e. The number of alkyl halides is 1. The van der Waals surface area contributed by atoms with Crippen LogP contribution in [0.1, 0.15) is 48.6 Å². The van der Waals surface area contributed by atoms with Crippen LogP contribution in [-0.4, -0.2) is 31.7 Å². The summed E-state index contributed by atoms with van der Waals surface area (Å²) in [5, 5.41) is 14.7. The second-order valence-electron chi connectivity index (χ2n) is 7.06. The van der Waals surface area contributed by atoms with E-state index in [1.54, 1.807) is 10.7 Å². The molecule has 2 aromatic heterocycles. The maximum Gasteiger partial charge on any atom is 0.285 e. The van der Waals surface area contributed by atoms with Crippen molar-refractivity contribution in [2.75, 3.05) is 11.4 Å². The molecule has 0 saturated heterocycles. The van der Waals surface area contributed by atoms with Crippen LogP contribution in [0.3, 0.4) is 0 Å². The van der Waals surface area contributed by atoms with E-state index in [-0.39, 0.29) is 11.1 Å². The van der Waals surface area contributed by atoms with Crippen LogP contribution < -0.4 is 10.5 Å². The number of nitrogens with zero attached hydrogens (tertiary/aromatic N) is 5. The van der Waals surface area contributed by atoms with E-state index in [0.717, 1.165) is 11.4 Å². The molecule has 1 aliphatic rings. The molecule has 152 valence electrons. The lowest BCUT2D eigenvalue weighted by Gasteiger charge is -2.29. The smallest absolute Gasteiger partial charge is 0.285 e. The highest BCUT2D eigenvalue weighted by Crippen LogP contribution is 2.32. The lowest BCUT2D eigenvalue weighted by Crippen LogP contribution is -2.33. The van der Waals surface area contributed by atoms with Crippen LogP contribution in [-0.2, 0) is 13.0 Å². The lowest BCUT2D eigenvalue weighted by atomic mass is 9.98. The third-order valence-electron chi connectivity index (χ3n) is 5.24. The van der Waals surface area contributed by atoms with Gasteiger partial charge in [0.1, 0.15) is 22.7 Å². The molecule has 2 atom stereocenters. The van der Waals surface area contributed by atoms with Crippen LogP contribution in [0.2, 0.25) is 5.02 Å². The third kappa shape index (κ3) is 3.50. The van der Waals surface area contributed by atoms with Gasteiger partial charge in [0.25, 0.3) is 5.56 Å². The summed E-state index contributed by atoms with van der Waals surface area (Å²) in [7, 11) is 0. The van der Waals surface area contributed by atoms with Crippen molar-refractivity contribution in [3.05, 3.63) is 68.1 Å². The molecule has 1 aliphatic heterocycles. The molecule has 1 aromatic carbocycles. The molecule has 0 fully saturated rings. The van der Waals surface area contributed by atoms with Gasteiger partial charge in [-0.05, 0) is 37.1 Å². The van der Waals surface area contributed by atoms with E-state index in [2.05, 4.69) is 20.5 Å². The van der Waals surface area contributed by atoms with Crippen molar-refractivity contribution in [3.8, 4) is 0 Å². The number of halogens is 3. The van der Waals surface area contributed by atoms with Gasteiger partial charge < -0.3 is 4.90 Å². The zero-order chi connectivity index (χ0) is 20.7. The molecular formula is C19H19ClF2N6O. The first-order valence-corrected chi connectivity index (χ1v) is 9.59. The zero-order valence-electron chi connectivity index (χ0n) is 15.9. The molecule has 0 radical (unpaired) electrons. The van der Waals surface area contributed by atoms with E-state index in [9.17, 15) is 13.6 Å². The summed E-state index contributed by atoms with van der Waals surface area (Å²) in [4.78, 5) is 13.6. The number of aromatic amines is 1. The quantitative estimate of drug-likeness (QED) is 0.700. The van der Waals surface area contributed by atoms with E-state index >= 15 is 0 Å². The van der Waals surface area contributed by atoms with Crippen molar-refractivity contribution in [3.63, 3.8) is 0 Å². The third-order valence-corrected chi connectivity index (χ3v) is 5.61. The van der Waals surface area contributed by atoms with E-state index < -0.39 is 17.5 Å². The van der Waals surface area contributed by atoms with Gasteiger partial charge in [-0.2, -0.15) is 5.10 Å². The first-order chi connectivity index (χ1) is 13.9. The Kier molecular flexibility index (Phi) is 5.08. The summed E-state index contributed by atoms with van der Waals surface area (Å²) in [6.07, 6.45) is 0.816. The van der Waals surface area contributed by atoms with E-state index in [1.165, 1.54) is 25.3 Å². The van der Waals surface area contributed by atoms with Gasteiger partial charge in [0, 0.05) is 13.0 Å². The number of H-pyrrole nitrogens is 1. The summed E-state index contributed by atoms with van der Waals surface area (Å²) in [6, 6.07) is 3.83. The highest BCUT2D eigenvalue weighted by molar-refractivity contribution is 6.32. The average Bonchev–Trinajstić information content (AvgIpc) is 3.12. The first-order valence-electron chi connectivity index (χ1n) is 9.21. The Morgan fingerprint density at radius 1 is 1.28 bits per heavy atom. The molecule has 0 aliphatic carbocycles. The van der Waals surface area contributed by atoms with Gasteiger partial charge in [-0.25, -0.2) is 18.6 Å². The SMILES string of the molecule is CC(F)c1cc(F)ccc1[C@@H](C)n1nnc2c1CCN(c1cn[nH]c(=O)c1Cl)C2. The van der Waals surface area contributed by atoms with E-state index in [0.29, 0.717) is 36.3 Å². The predicted molar refractivity (Wildman–Crippen MR) is 104 cm³/mol. The summed E-state index contributed by atoms with van der Waals surface area (Å²) < 4.78 is 29.4. The van der Waals surface area contributed by atoms with Gasteiger partial charge in [-0.1, -0.05) is 22.9 Å². The van der Waals surface area contributed by atoms with Crippen molar-refractivity contribution in [2.45, 2.75) is 39.0 Å². The van der Waals surface area contributed by atoms with Gasteiger partial charge in [0.05, 0.1) is 30.2 Å². The molecule has 1 N–H and O–H groups in total. The number of nitrogens with one attached hydrogen (secondary N) is 1. The highest BCUT2D eigenvalue weighted by atomic mass is 35.5. The molecule has 0 spiro atoms. The van der Waals surface area contributed by atoms with Gasteiger partial charge in [-0.15, -0.1) is 5.10 Å². The maximum atomic E-state index is 14.1. The van der Waals surface area contributed by atoms with Crippen LogP contribution in [0.4, 0.5) is 14.5 Å². The number of hydrogen-bond acceptors (Lipinski definition) is 5. The summed E-state index contributed by atoms with van der Waals surface area (Å²) in [5.74, 6) is -0.472. The topological polar surface area (TPSA) is 79.7 Å². The van der Waals surface area contributed by atoms with Gasteiger partial charge in [0.2, 0.25) is 0 Å². The largest absolute Gasteiger partial charge is 0.362 e. The molecule has 3 aromatic rings. The highest BCUT2D eigenvalue weighted by Gasteiger charge is 2.27. The Bertz CT molecular complexity index is 1110. The number of hydrogen-bond donors (Lipinski definition) is 1. The number of rotatable bonds is 4. The summed E-state index contributed by atoms with van der Waals surface area (Å²) in [6.45, 7) is 4.29. The Morgan fingerprint density at radius 3 is 2.83 bits per heavy atom. The Labute approximate surface area is 170 Å². The fourth-order valence-corrected chi connectivity index (χ4v) is 3.95. The molecular weight excluding hydrogens is 402 g/mol. The van der Waals surface area contributed by atoms with Crippen molar-refractivity contribution >= 4 is 17.3 Å². The fourth-order valence-electron chi connectivity index (χ4n) is 3.74. The Hall–Kier alpha value is -2.81. The number of benzene rings is 1. The van der Waals surface area contributed by atoms with Crippen molar-refractivity contribution in [1.82, 2.24) is 25.2 Å². The second kappa shape index (κ2) is 7.55. The van der Waals surface area contributed by atoms with Crippen LogP contribution in [0.15, 0.2) is 29.2 Å². The second-order valence-corrected chi connectivity index (χ2v) is 7.44. The van der Waals surface area contributed by atoms with Crippen molar-refractivity contribution < 1.29 is 8.78 Å². The van der Waals surface area contributed by atoms with Crippen LogP contribution >= 0.6 is 11.6 Å². The molecule has 4 rings (SSSR count). The van der Waals surface area contributed by atoms with E-state index in [1.807, 2.05) is 11.8 Å². The molecule has 1 unspecified atom stereocenters. The van der Waals surface area contributed by atoms with Gasteiger partial charge >= 0.3 is 0 Å². The molecule has 3 heterocycles. The molecule has 0 amide bonds. The maximum absolute atomic E-state index is 14.1. The Morgan fingerprint density at radius 2 is 2.07 bits per heavy atom. The minimum atomic E-state index is -1.30. The Balaban J connectivity index is 1.65. The van der Waals surface area contributed by atoms with Crippen molar-refractivity contribution in [2.24, 2.45) is 0 Å². The molecule has 10 heteroatoms. The molecule has 7 nitrogen and oxygen atoms in total. The number of aromatic nitrogens is 5. The van der Waals surface area contributed by atoms with Crippen molar-refractivity contribution in [1.29, 1.82) is 0 Å². The molecule has 0 bridgehead atoms. The van der Waals surface area contributed by atoms with Gasteiger partial charge in [0.15, 0.2) is 0 Å². The monoisotopic (exact) mass is 420 g/mol. The van der Waals surface area contributed by atoms with Crippen LogP contribution in [0, 0.1) is 5.82 Å². The number of fused-ring (bicyclic) bond motifs is 1. The normalized spacial score (nSPS) is 15.8. The lowest BCUT2D eigenvalue weighted by molar-refractivity contribution is 0.366. The van der Waals surface area contributed by atoms with Crippen LogP contribution in [0.25, 0.3) is 0 Å². The van der Waals surface area contributed by atoms with Crippen LogP contribution in [0.5, 0.6) is 0 Å².